The lowest BCUT2D eigenvalue weighted by Crippen LogP contribution is -2.44. The molecule has 0 aliphatic heterocycles. The monoisotopic (exact) mass is 562 g/mol. The van der Waals surface area contributed by atoms with Crippen molar-refractivity contribution >= 4 is 11.4 Å². The minimum atomic E-state index is -0.103. The lowest BCUT2D eigenvalue weighted by molar-refractivity contribution is 0.135. The second-order valence-corrected chi connectivity index (χ2v) is 12.9. The van der Waals surface area contributed by atoms with Gasteiger partial charge in [0.15, 0.2) is 0 Å². The van der Waals surface area contributed by atoms with Crippen molar-refractivity contribution in [1.82, 2.24) is 0 Å². The van der Waals surface area contributed by atoms with E-state index in [4.69, 9.17) is 20.9 Å². The molecule has 0 heterocycles. The molecule has 42 heavy (non-hydrogen) atoms. The van der Waals surface area contributed by atoms with E-state index in [2.05, 4.69) is 71.0 Å². The van der Waals surface area contributed by atoms with Gasteiger partial charge in [0.2, 0.25) is 0 Å². The minimum Gasteiger partial charge on any atom is -0.457 e. The molecule has 5 rings (SSSR count). The fraction of sp³-hybridized carbons (Fsp3) is 0.368. The molecule has 4 aromatic rings. The molecule has 0 radical (unpaired) electrons. The van der Waals surface area contributed by atoms with E-state index in [9.17, 15) is 0 Å². The molecule has 4 N–H and O–H groups in total. The van der Waals surface area contributed by atoms with Crippen molar-refractivity contribution in [2.75, 3.05) is 11.5 Å². The zero-order valence-electron chi connectivity index (χ0n) is 26.3. The third-order valence-corrected chi connectivity index (χ3v) is 9.40. The standard InChI is InChI=1S/C38H46N2O2/c1-23(2)33-13-8-24(3)22-38(33,29-9-16-36(27(6)18-29)41-31-11-14-34(39)25(4)20-31)30-10-17-37(28(7)19-30)42-32-12-15-35(40)26(5)21-32/h9-12,14-21,23-24,33H,8,13,22,39-40H2,1-7H3. The third kappa shape index (κ3) is 5.72. The molecule has 1 aliphatic carbocycles. The largest absolute Gasteiger partial charge is 0.457 e. The van der Waals surface area contributed by atoms with Crippen molar-refractivity contribution in [2.24, 2.45) is 17.8 Å². The summed E-state index contributed by atoms with van der Waals surface area (Å²) >= 11 is 0. The van der Waals surface area contributed by atoms with Crippen LogP contribution in [0.25, 0.3) is 0 Å². The van der Waals surface area contributed by atoms with Crippen LogP contribution in [-0.2, 0) is 5.41 Å². The van der Waals surface area contributed by atoms with Gasteiger partial charge in [-0.05, 0) is 140 Å². The summed E-state index contributed by atoms with van der Waals surface area (Å²) in [4.78, 5) is 0. The summed E-state index contributed by atoms with van der Waals surface area (Å²) < 4.78 is 12.7. The first-order valence-corrected chi connectivity index (χ1v) is 15.3. The molecule has 4 aromatic carbocycles. The fourth-order valence-corrected chi connectivity index (χ4v) is 7.01. The van der Waals surface area contributed by atoms with E-state index in [1.54, 1.807) is 0 Å². The number of hydrogen-bond donors (Lipinski definition) is 2. The normalized spacial score (nSPS) is 18.2. The van der Waals surface area contributed by atoms with Gasteiger partial charge in [-0.15, -0.1) is 0 Å². The maximum absolute atomic E-state index is 6.35. The number of nitrogen functional groups attached to an aromatic ring is 2. The Morgan fingerprint density at radius 3 is 1.52 bits per heavy atom. The minimum absolute atomic E-state index is 0.103. The van der Waals surface area contributed by atoms with Gasteiger partial charge in [-0.25, -0.2) is 0 Å². The van der Waals surface area contributed by atoms with Gasteiger partial charge < -0.3 is 20.9 Å². The van der Waals surface area contributed by atoms with Crippen LogP contribution in [0.5, 0.6) is 23.0 Å². The van der Waals surface area contributed by atoms with Crippen LogP contribution in [0.15, 0.2) is 72.8 Å². The molecular formula is C38H46N2O2. The molecule has 0 bridgehead atoms. The Kier molecular flexibility index (Phi) is 8.28. The van der Waals surface area contributed by atoms with E-state index in [1.807, 2.05) is 50.2 Å². The Morgan fingerprint density at radius 2 is 1.12 bits per heavy atom. The Balaban J connectivity index is 1.56. The van der Waals surface area contributed by atoms with Crippen molar-refractivity contribution in [1.29, 1.82) is 0 Å². The van der Waals surface area contributed by atoms with Crippen LogP contribution >= 0.6 is 0 Å². The van der Waals surface area contributed by atoms with Crippen LogP contribution in [0.4, 0.5) is 11.4 Å². The zero-order valence-corrected chi connectivity index (χ0v) is 26.3. The predicted molar refractivity (Wildman–Crippen MR) is 176 cm³/mol. The molecular weight excluding hydrogens is 516 g/mol. The second-order valence-electron chi connectivity index (χ2n) is 12.9. The fourth-order valence-electron chi connectivity index (χ4n) is 7.01. The number of hydrogen-bond acceptors (Lipinski definition) is 4. The second kappa shape index (κ2) is 11.8. The van der Waals surface area contributed by atoms with Crippen molar-refractivity contribution in [2.45, 2.75) is 73.1 Å². The smallest absolute Gasteiger partial charge is 0.130 e. The first-order chi connectivity index (χ1) is 20.0. The Labute approximate surface area is 252 Å². The predicted octanol–water partition coefficient (Wildman–Crippen LogP) is 10.0. The summed E-state index contributed by atoms with van der Waals surface area (Å²) in [5, 5.41) is 0. The average molecular weight is 563 g/mol. The molecule has 0 aromatic heterocycles. The molecule has 2 unspecified atom stereocenters. The zero-order chi connectivity index (χ0) is 30.2. The Morgan fingerprint density at radius 1 is 0.643 bits per heavy atom. The highest BCUT2D eigenvalue weighted by molar-refractivity contribution is 5.54. The van der Waals surface area contributed by atoms with E-state index in [1.165, 1.54) is 24.0 Å². The Hall–Kier alpha value is -3.92. The molecule has 0 amide bonds. The van der Waals surface area contributed by atoms with E-state index in [0.29, 0.717) is 17.8 Å². The van der Waals surface area contributed by atoms with Gasteiger partial charge in [0.25, 0.3) is 0 Å². The van der Waals surface area contributed by atoms with Crippen LogP contribution in [0.3, 0.4) is 0 Å². The first kappa shape index (κ1) is 29.6. The molecule has 1 fully saturated rings. The number of anilines is 2. The van der Waals surface area contributed by atoms with E-state index >= 15 is 0 Å². The van der Waals surface area contributed by atoms with Crippen LogP contribution in [0.1, 0.15) is 73.4 Å². The van der Waals surface area contributed by atoms with Gasteiger partial charge >= 0.3 is 0 Å². The highest BCUT2D eigenvalue weighted by Crippen LogP contribution is 2.54. The van der Waals surface area contributed by atoms with Gasteiger partial charge in [0.1, 0.15) is 23.0 Å². The van der Waals surface area contributed by atoms with Gasteiger partial charge in [-0.1, -0.05) is 51.5 Å². The molecule has 1 aliphatic rings. The van der Waals surface area contributed by atoms with Gasteiger partial charge in [0, 0.05) is 16.8 Å². The van der Waals surface area contributed by atoms with E-state index in [0.717, 1.165) is 63.0 Å². The number of nitrogens with two attached hydrogens (primary N) is 2. The summed E-state index contributed by atoms with van der Waals surface area (Å²) in [5.74, 6) is 5.06. The highest BCUT2D eigenvalue weighted by Gasteiger charge is 2.47. The summed E-state index contributed by atoms with van der Waals surface area (Å²) in [6.45, 7) is 15.5. The lowest BCUT2D eigenvalue weighted by atomic mass is 9.54. The van der Waals surface area contributed by atoms with Crippen LogP contribution in [0.2, 0.25) is 0 Å². The van der Waals surface area contributed by atoms with Gasteiger partial charge in [-0.2, -0.15) is 0 Å². The summed E-state index contributed by atoms with van der Waals surface area (Å²) in [7, 11) is 0. The van der Waals surface area contributed by atoms with Crippen LogP contribution < -0.4 is 20.9 Å². The number of ether oxygens (including phenoxy) is 2. The third-order valence-electron chi connectivity index (χ3n) is 9.40. The Bertz CT molecular complexity index is 1490. The SMILES string of the molecule is Cc1cc(Oc2ccc(C3(c4ccc(Oc5ccc(N)c(C)c5)c(C)c4)CC(C)CCC3C(C)C)cc2C)ccc1N. The maximum atomic E-state index is 6.35. The summed E-state index contributed by atoms with van der Waals surface area (Å²) in [6.07, 6.45) is 3.59. The molecule has 1 saturated carbocycles. The van der Waals surface area contributed by atoms with Crippen molar-refractivity contribution in [3.05, 3.63) is 106 Å². The number of aryl methyl sites for hydroxylation is 4. The summed E-state index contributed by atoms with van der Waals surface area (Å²) in [5.41, 5.74) is 20.6. The molecule has 0 spiro atoms. The quantitative estimate of drug-likeness (QED) is 0.220. The molecule has 220 valence electrons. The first-order valence-electron chi connectivity index (χ1n) is 15.3. The molecule has 4 heteroatoms. The van der Waals surface area contributed by atoms with Gasteiger partial charge in [-0.3, -0.25) is 0 Å². The van der Waals surface area contributed by atoms with E-state index in [-0.39, 0.29) is 5.41 Å². The van der Waals surface area contributed by atoms with Crippen LogP contribution in [0, 0.1) is 45.4 Å². The van der Waals surface area contributed by atoms with E-state index < -0.39 is 0 Å². The number of rotatable bonds is 7. The average Bonchev–Trinajstić information content (AvgIpc) is 2.94. The van der Waals surface area contributed by atoms with Crippen molar-refractivity contribution < 1.29 is 9.47 Å². The summed E-state index contributed by atoms with van der Waals surface area (Å²) in [6, 6.07) is 25.3. The topological polar surface area (TPSA) is 70.5 Å². The van der Waals surface area contributed by atoms with Crippen molar-refractivity contribution in [3.63, 3.8) is 0 Å². The van der Waals surface area contributed by atoms with Crippen molar-refractivity contribution in [3.8, 4) is 23.0 Å². The highest BCUT2D eigenvalue weighted by atomic mass is 16.5. The number of benzene rings is 4. The molecule has 2 atom stereocenters. The lowest BCUT2D eigenvalue weighted by Gasteiger charge is -2.50. The molecule has 4 nitrogen and oxygen atoms in total. The maximum Gasteiger partial charge on any atom is 0.130 e. The molecule has 0 saturated heterocycles. The van der Waals surface area contributed by atoms with Crippen LogP contribution in [-0.4, -0.2) is 0 Å². The van der Waals surface area contributed by atoms with Gasteiger partial charge in [0.05, 0.1) is 0 Å².